The molecule has 2 fully saturated rings. The Morgan fingerprint density at radius 1 is 1.32 bits per heavy atom. The molecule has 2 aliphatic heterocycles. The van der Waals surface area contributed by atoms with Crippen molar-refractivity contribution >= 4 is 17.6 Å². The van der Waals surface area contributed by atoms with Gasteiger partial charge in [-0.2, -0.15) is 0 Å². The number of benzene rings is 1. The molecule has 0 spiro atoms. The number of likely N-dealkylation sites (tertiary alicyclic amines) is 1. The normalized spacial score (nSPS) is 34.6. The molecule has 1 saturated heterocycles. The molecular formula is C17H20N2O3. The lowest BCUT2D eigenvalue weighted by Crippen LogP contribution is -2.58. The van der Waals surface area contributed by atoms with E-state index in [1.165, 1.54) is 12.7 Å². The number of esters is 1. The van der Waals surface area contributed by atoms with E-state index in [-0.39, 0.29) is 17.3 Å². The Morgan fingerprint density at radius 2 is 2.09 bits per heavy atom. The fourth-order valence-corrected chi connectivity index (χ4v) is 5.16. The number of rotatable bonds is 1. The van der Waals surface area contributed by atoms with Gasteiger partial charge in [0.2, 0.25) is 5.91 Å². The van der Waals surface area contributed by atoms with Gasteiger partial charge in [0.15, 0.2) is 0 Å². The van der Waals surface area contributed by atoms with Crippen molar-refractivity contribution < 1.29 is 14.3 Å². The zero-order valence-corrected chi connectivity index (χ0v) is 12.9. The summed E-state index contributed by atoms with van der Waals surface area (Å²) >= 11 is 0. The molecule has 0 bridgehead atoms. The first-order valence-corrected chi connectivity index (χ1v) is 7.81. The Morgan fingerprint density at radius 3 is 2.82 bits per heavy atom. The number of fused-ring (bicyclic) bond motifs is 1. The molecule has 2 heterocycles. The molecule has 5 nitrogen and oxygen atoms in total. The van der Waals surface area contributed by atoms with E-state index < -0.39 is 11.7 Å². The van der Waals surface area contributed by atoms with Crippen LogP contribution in [0.4, 0.5) is 5.69 Å². The highest BCUT2D eigenvalue weighted by Gasteiger charge is 2.71. The molecule has 1 aromatic rings. The smallest absolute Gasteiger partial charge is 0.328 e. The van der Waals surface area contributed by atoms with E-state index in [4.69, 9.17) is 4.74 Å². The van der Waals surface area contributed by atoms with Gasteiger partial charge in [-0.05, 0) is 37.3 Å². The van der Waals surface area contributed by atoms with E-state index in [1.807, 2.05) is 12.1 Å². The van der Waals surface area contributed by atoms with Gasteiger partial charge in [0.25, 0.3) is 0 Å². The Kier molecular flexibility index (Phi) is 2.63. The average Bonchev–Trinajstić information content (AvgIpc) is 3.05. The molecule has 3 atom stereocenters. The van der Waals surface area contributed by atoms with E-state index in [1.54, 1.807) is 11.8 Å². The monoisotopic (exact) mass is 300 g/mol. The second kappa shape index (κ2) is 4.24. The number of para-hydroxylation sites is 1. The molecule has 4 rings (SSSR count). The standard InChI is InChI=1S/C17H20N2O3/c1-11(20)19-14(15(21)22-2)10-16-8-5-9-17(16,19)18-13-7-4-3-6-12(13)16/h3-4,6-7,14,18H,5,8-10H2,1-2H3/t14?,16-,17-/m0/s1. The second-order valence-corrected chi connectivity index (χ2v) is 6.60. The minimum atomic E-state index is -0.497. The third-order valence-electron chi connectivity index (χ3n) is 5.80. The van der Waals surface area contributed by atoms with E-state index >= 15 is 0 Å². The van der Waals surface area contributed by atoms with Crippen LogP contribution in [-0.2, 0) is 19.7 Å². The lowest BCUT2D eigenvalue weighted by Gasteiger charge is -2.41. The van der Waals surface area contributed by atoms with Crippen LogP contribution >= 0.6 is 0 Å². The number of nitrogens with zero attached hydrogens (tertiary/aromatic N) is 1. The fraction of sp³-hybridized carbons (Fsp3) is 0.529. The number of ether oxygens (including phenoxy) is 1. The van der Waals surface area contributed by atoms with Crippen molar-refractivity contribution in [3.8, 4) is 0 Å². The van der Waals surface area contributed by atoms with Crippen molar-refractivity contribution in [2.24, 2.45) is 0 Å². The van der Waals surface area contributed by atoms with Crippen LogP contribution in [0.3, 0.4) is 0 Å². The Labute approximate surface area is 129 Å². The molecule has 1 amide bonds. The summed E-state index contributed by atoms with van der Waals surface area (Å²) < 4.78 is 4.97. The number of methoxy groups -OCH3 is 1. The number of hydrogen-bond donors (Lipinski definition) is 1. The largest absolute Gasteiger partial charge is 0.467 e. The summed E-state index contributed by atoms with van der Waals surface area (Å²) in [5.74, 6) is -0.385. The molecule has 1 unspecified atom stereocenters. The van der Waals surface area contributed by atoms with Crippen LogP contribution in [0, 0.1) is 0 Å². The van der Waals surface area contributed by atoms with Gasteiger partial charge < -0.3 is 15.0 Å². The number of nitrogens with one attached hydrogen (secondary N) is 1. The van der Waals surface area contributed by atoms with Gasteiger partial charge >= 0.3 is 5.97 Å². The number of carbonyl (C=O) groups excluding carboxylic acids is 2. The van der Waals surface area contributed by atoms with Gasteiger partial charge in [0.1, 0.15) is 11.7 Å². The predicted octanol–water partition coefficient (Wildman–Crippen LogP) is 2.02. The van der Waals surface area contributed by atoms with Crippen molar-refractivity contribution in [3.05, 3.63) is 29.8 Å². The van der Waals surface area contributed by atoms with Gasteiger partial charge in [-0.1, -0.05) is 18.2 Å². The highest BCUT2D eigenvalue weighted by atomic mass is 16.5. The number of hydrogen-bond acceptors (Lipinski definition) is 4. The van der Waals surface area contributed by atoms with Gasteiger partial charge in [0.05, 0.1) is 7.11 Å². The van der Waals surface area contributed by atoms with E-state index in [0.717, 1.165) is 24.9 Å². The SMILES string of the molecule is COC(=O)C1C[C@]23CCC[C@]2(Nc2ccccc23)N1C(C)=O. The quantitative estimate of drug-likeness (QED) is 0.806. The Balaban J connectivity index is 1.91. The van der Waals surface area contributed by atoms with E-state index in [9.17, 15) is 9.59 Å². The summed E-state index contributed by atoms with van der Waals surface area (Å²) in [6, 6.07) is 7.74. The predicted molar refractivity (Wildman–Crippen MR) is 81.3 cm³/mol. The van der Waals surface area contributed by atoms with Gasteiger partial charge in [-0.3, -0.25) is 4.79 Å². The first kappa shape index (κ1) is 13.6. The van der Waals surface area contributed by atoms with Crippen molar-refractivity contribution in [2.45, 2.75) is 49.7 Å². The van der Waals surface area contributed by atoms with E-state index in [2.05, 4.69) is 17.4 Å². The first-order valence-electron chi connectivity index (χ1n) is 7.81. The fourth-order valence-electron chi connectivity index (χ4n) is 5.16. The van der Waals surface area contributed by atoms with Crippen LogP contribution in [0.5, 0.6) is 0 Å². The summed E-state index contributed by atoms with van der Waals surface area (Å²) in [5.41, 5.74) is 1.69. The van der Waals surface area contributed by atoms with Gasteiger partial charge in [-0.15, -0.1) is 0 Å². The van der Waals surface area contributed by atoms with Crippen molar-refractivity contribution in [2.75, 3.05) is 12.4 Å². The molecule has 1 aromatic carbocycles. The molecule has 5 heteroatoms. The van der Waals surface area contributed by atoms with Crippen LogP contribution in [0.25, 0.3) is 0 Å². The molecular weight excluding hydrogens is 280 g/mol. The molecule has 0 radical (unpaired) electrons. The van der Waals surface area contributed by atoms with Crippen molar-refractivity contribution in [3.63, 3.8) is 0 Å². The molecule has 1 N–H and O–H groups in total. The molecule has 0 aromatic heterocycles. The maximum absolute atomic E-state index is 12.4. The summed E-state index contributed by atoms with van der Waals surface area (Å²) in [6.07, 6.45) is 3.56. The maximum Gasteiger partial charge on any atom is 0.328 e. The zero-order valence-electron chi connectivity index (χ0n) is 12.9. The third kappa shape index (κ3) is 1.35. The first-order chi connectivity index (χ1) is 10.6. The van der Waals surface area contributed by atoms with Gasteiger partial charge in [-0.25, -0.2) is 4.79 Å². The van der Waals surface area contributed by atoms with Crippen LogP contribution in [0.1, 0.15) is 38.2 Å². The summed E-state index contributed by atoms with van der Waals surface area (Å²) in [4.78, 5) is 26.4. The summed E-state index contributed by atoms with van der Waals surface area (Å²) in [7, 11) is 1.39. The summed E-state index contributed by atoms with van der Waals surface area (Å²) in [5, 5.41) is 3.60. The maximum atomic E-state index is 12.4. The van der Waals surface area contributed by atoms with Crippen LogP contribution in [0.2, 0.25) is 0 Å². The average molecular weight is 300 g/mol. The van der Waals surface area contributed by atoms with Crippen molar-refractivity contribution in [1.82, 2.24) is 4.90 Å². The van der Waals surface area contributed by atoms with Crippen LogP contribution in [-0.4, -0.2) is 35.6 Å². The molecule has 22 heavy (non-hydrogen) atoms. The Bertz CT molecular complexity index is 674. The summed E-state index contributed by atoms with van der Waals surface area (Å²) in [6.45, 7) is 1.55. The highest BCUT2D eigenvalue weighted by molar-refractivity contribution is 5.88. The zero-order chi connectivity index (χ0) is 15.5. The van der Waals surface area contributed by atoms with E-state index in [0.29, 0.717) is 6.42 Å². The van der Waals surface area contributed by atoms with Crippen LogP contribution < -0.4 is 5.32 Å². The second-order valence-electron chi connectivity index (χ2n) is 6.60. The van der Waals surface area contributed by atoms with Crippen molar-refractivity contribution in [1.29, 1.82) is 0 Å². The number of carbonyl (C=O) groups is 2. The molecule has 116 valence electrons. The topological polar surface area (TPSA) is 58.6 Å². The lowest BCUT2D eigenvalue weighted by molar-refractivity contribution is -0.153. The Hall–Kier alpha value is -2.04. The minimum absolute atomic E-state index is 0.0699. The number of anilines is 1. The molecule has 1 aliphatic carbocycles. The molecule has 1 saturated carbocycles. The molecule has 3 aliphatic rings. The number of amides is 1. The lowest BCUT2D eigenvalue weighted by atomic mass is 9.74. The van der Waals surface area contributed by atoms with Crippen LogP contribution in [0.15, 0.2) is 24.3 Å². The van der Waals surface area contributed by atoms with Gasteiger partial charge in [0, 0.05) is 18.0 Å². The minimum Gasteiger partial charge on any atom is -0.467 e. The third-order valence-corrected chi connectivity index (χ3v) is 5.80. The highest BCUT2D eigenvalue weighted by Crippen LogP contribution is 2.64.